The molecule has 0 aromatic carbocycles. The fourth-order valence-electron chi connectivity index (χ4n) is 0.996. The summed E-state index contributed by atoms with van der Waals surface area (Å²) in [6.07, 6.45) is 0. The van der Waals surface area contributed by atoms with Crippen LogP contribution in [0, 0.1) is 6.92 Å². The van der Waals surface area contributed by atoms with Crippen LogP contribution in [0.1, 0.15) is 17.4 Å². The smallest absolute Gasteiger partial charge is 0.257 e. The standard InChI is InChI=1S/C8H9NO2/c1-6-4-3-5-8(11)9(6)7(2)10/h3-5H,1-2H3. The predicted molar refractivity (Wildman–Crippen MR) is 41.7 cm³/mol. The molecule has 1 aromatic heterocycles. The molecule has 0 bridgehead atoms. The molecule has 1 rings (SSSR count). The van der Waals surface area contributed by atoms with Gasteiger partial charge in [-0.05, 0) is 13.0 Å². The molecule has 0 atom stereocenters. The maximum absolute atomic E-state index is 11.0. The predicted octanol–water partition coefficient (Wildman–Crippen LogP) is 0.817. The van der Waals surface area contributed by atoms with E-state index in [0.29, 0.717) is 5.69 Å². The lowest BCUT2D eigenvalue weighted by atomic mass is 10.3. The fraction of sp³-hybridized carbons (Fsp3) is 0.250. The SMILES string of the molecule is CC(=O)n1c(C)cccc1=O. The van der Waals surface area contributed by atoms with Crippen LogP contribution in [0.4, 0.5) is 0 Å². The Kier molecular flexibility index (Phi) is 1.89. The third kappa shape index (κ3) is 1.37. The second-order valence-electron chi connectivity index (χ2n) is 2.36. The van der Waals surface area contributed by atoms with Crippen LogP contribution >= 0.6 is 0 Å². The lowest BCUT2D eigenvalue weighted by Gasteiger charge is -2.02. The van der Waals surface area contributed by atoms with Gasteiger partial charge in [-0.3, -0.25) is 14.2 Å². The molecular weight excluding hydrogens is 142 g/mol. The zero-order chi connectivity index (χ0) is 8.43. The van der Waals surface area contributed by atoms with Crippen LogP contribution in [-0.2, 0) is 0 Å². The summed E-state index contributed by atoms with van der Waals surface area (Å²) < 4.78 is 1.14. The number of hydrogen-bond donors (Lipinski definition) is 0. The Bertz CT molecular complexity index is 338. The largest absolute Gasteiger partial charge is 0.274 e. The first-order valence-electron chi connectivity index (χ1n) is 3.32. The third-order valence-corrected chi connectivity index (χ3v) is 1.46. The Labute approximate surface area is 64.3 Å². The first-order chi connectivity index (χ1) is 5.13. The molecule has 0 aliphatic carbocycles. The van der Waals surface area contributed by atoms with Crippen molar-refractivity contribution >= 4 is 5.91 Å². The van der Waals surface area contributed by atoms with Crippen molar-refractivity contribution in [2.45, 2.75) is 13.8 Å². The number of pyridine rings is 1. The van der Waals surface area contributed by atoms with E-state index in [2.05, 4.69) is 0 Å². The van der Waals surface area contributed by atoms with Crippen molar-refractivity contribution in [1.29, 1.82) is 0 Å². The maximum Gasteiger partial charge on any atom is 0.257 e. The Morgan fingerprint density at radius 2 is 2.09 bits per heavy atom. The van der Waals surface area contributed by atoms with E-state index in [4.69, 9.17) is 0 Å². The maximum atomic E-state index is 11.0. The van der Waals surface area contributed by atoms with E-state index in [9.17, 15) is 9.59 Å². The van der Waals surface area contributed by atoms with Crippen molar-refractivity contribution in [1.82, 2.24) is 4.57 Å². The quantitative estimate of drug-likeness (QED) is 0.550. The van der Waals surface area contributed by atoms with Crippen LogP contribution in [0.5, 0.6) is 0 Å². The Hall–Kier alpha value is -1.38. The molecular formula is C8H9NO2. The lowest BCUT2D eigenvalue weighted by molar-refractivity contribution is 0.0930. The summed E-state index contributed by atoms with van der Waals surface area (Å²) in [6, 6.07) is 4.73. The van der Waals surface area contributed by atoms with Gasteiger partial charge in [-0.2, -0.15) is 0 Å². The summed E-state index contributed by atoms with van der Waals surface area (Å²) in [7, 11) is 0. The van der Waals surface area contributed by atoms with Gasteiger partial charge >= 0.3 is 0 Å². The van der Waals surface area contributed by atoms with Gasteiger partial charge in [0.2, 0.25) is 5.91 Å². The van der Waals surface area contributed by atoms with Gasteiger partial charge in [-0.15, -0.1) is 0 Å². The van der Waals surface area contributed by atoms with E-state index in [1.54, 1.807) is 19.1 Å². The minimum atomic E-state index is -0.266. The van der Waals surface area contributed by atoms with E-state index < -0.39 is 0 Å². The van der Waals surface area contributed by atoms with Gasteiger partial charge in [0.1, 0.15) is 0 Å². The van der Waals surface area contributed by atoms with Crippen LogP contribution in [0.3, 0.4) is 0 Å². The second-order valence-corrected chi connectivity index (χ2v) is 2.36. The summed E-state index contributed by atoms with van der Waals surface area (Å²) >= 11 is 0. The zero-order valence-electron chi connectivity index (χ0n) is 6.50. The summed E-state index contributed by atoms with van der Waals surface area (Å²) in [5, 5.41) is 0. The van der Waals surface area contributed by atoms with Crippen molar-refractivity contribution in [2.24, 2.45) is 0 Å². The number of carbonyl (C=O) groups is 1. The minimum Gasteiger partial charge on any atom is -0.274 e. The second kappa shape index (κ2) is 2.70. The fourth-order valence-corrected chi connectivity index (χ4v) is 0.996. The number of nitrogens with zero attached hydrogens (tertiary/aromatic N) is 1. The van der Waals surface area contributed by atoms with Gasteiger partial charge in [-0.25, -0.2) is 0 Å². The molecule has 3 heteroatoms. The van der Waals surface area contributed by atoms with Gasteiger partial charge in [0.15, 0.2) is 0 Å². The van der Waals surface area contributed by atoms with Crippen LogP contribution < -0.4 is 5.56 Å². The highest BCUT2D eigenvalue weighted by atomic mass is 16.2. The van der Waals surface area contributed by atoms with Crippen molar-refractivity contribution in [3.05, 3.63) is 34.2 Å². The molecule has 0 spiro atoms. The van der Waals surface area contributed by atoms with E-state index >= 15 is 0 Å². The molecule has 1 aromatic rings. The van der Waals surface area contributed by atoms with Crippen LogP contribution in [0.15, 0.2) is 23.0 Å². The highest BCUT2D eigenvalue weighted by molar-refractivity contribution is 5.76. The average molecular weight is 151 g/mol. The monoisotopic (exact) mass is 151 g/mol. The first-order valence-corrected chi connectivity index (χ1v) is 3.32. The molecule has 3 nitrogen and oxygen atoms in total. The summed E-state index contributed by atoms with van der Waals surface area (Å²) in [5.74, 6) is -0.242. The number of aryl methyl sites for hydroxylation is 1. The zero-order valence-corrected chi connectivity index (χ0v) is 6.50. The van der Waals surface area contributed by atoms with E-state index in [0.717, 1.165) is 4.57 Å². The first kappa shape index (κ1) is 7.72. The van der Waals surface area contributed by atoms with Crippen molar-refractivity contribution in [3.8, 4) is 0 Å². The Balaban J connectivity index is 3.45. The van der Waals surface area contributed by atoms with Gasteiger partial charge < -0.3 is 0 Å². The van der Waals surface area contributed by atoms with E-state index in [1.807, 2.05) is 0 Å². The van der Waals surface area contributed by atoms with Crippen molar-refractivity contribution in [2.75, 3.05) is 0 Å². The summed E-state index contributed by atoms with van der Waals surface area (Å²) in [6.45, 7) is 3.09. The van der Waals surface area contributed by atoms with Crippen LogP contribution in [0.2, 0.25) is 0 Å². The molecule has 0 aliphatic heterocycles. The molecule has 0 unspecified atom stereocenters. The molecule has 0 aliphatic rings. The molecule has 1 heterocycles. The third-order valence-electron chi connectivity index (χ3n) is 1.46. The van der Waals surface area contributed by atoms with Gasteiger partial charge in [0.25, 0.3) is 5.56 Å². The lowest BCUT2D eigenvalue weighted by Crippen LogP contribution is -2.25. The molecule has 0 N–H and O–H groups in total. The van der Waals surface area contributed by atoms with Crippen molar-refractivity contribution < 1.29 is 4.79 Å². The van der Waals surface area contributed by atoms with Crippen LogP contribution in [0.25, 0.3) is 0 Å². The average Bonchev–Trinajstić information content (AvgIpc) is 1.85. The molecule has 0 saturated carbocycles. The normalized spacial score (nSPS) is 9.64. The number of aromatic nitrogens is 1. The van der Waals surface area contributed by atoms with Gasteiger partial charge in [-0.1, -0.05) is 6.07 Å². The number of rotatable bonds is 0. The molecule has 0 amide bonds. The summed E-state index contributed by atoms with van der Waals surface area (Å²) in [5.41, 5.74) is 0.405. The topological polar surface area (TPSA) is 39.1 Å². The Morgan fingerprint density at radius 3 is 2.45 bits per heavy atom. The highest BCUT2D eigenvalue weighted by Crippen LogP contribution is 1.91. The molecule has 11 heavy (non-hydrogen) atoms. The van der Waals surface area contributed by atoms with Gasteiger partial charge in [0, 0.05) is 18.7 Å². The van der Waals surface area contributed by atoms with E-state index in [1.165, 1.54) is 13.0 Å². The minimum absolute atomic E-state index is 0.242. The summed E-state index contributed by atoms with van der Waals surface area (Å²) in [4.78, 5) is 21.9. The molecule has 58 valence electrons. The number of hydrogen-bond acceptors (Lipinski definition) is 2. The van der Waals surface area contributed by atoms with Gasteiger partial charge in [0.05, 0.1) is 0 Å². The molecule has 0 saturated heterocycles. The van der Waals surface area contributed by atoms with Crippen LogP contribution in [-0.4, -0.2) is 10.5 Å². The molecule has 0 radical (unpaired) electrons. The Morgan fingerprint density at radius 1 is 1.45 bits per heavy atom. The highest BCUT2D eigenvalue weighted by Gasteiger charge is 2.01. The number of carbonyl (C=O) groups excluding carboxylic acids is 1. The van der Waals surface area contributed by atoms with Crippen molar-refractivity contribution in [3.63, 3.8) is 0 Å². The van der Waals surface area contributed by atoms with E-state index in [-0.39, 0.29) is 11.5 Å². The molecule has 0 fully saturated rings.